The fraction of sp³-hybridized carbons (Fsp3) is 0.250. The monoisotopic (exact) mass is 672 g/mol. The predicted molar refractivity (Wildman–Crippen MR) is 164 cm³/mol. The van der Waals surface area contributed by atoms with E-state index in [4.69, 9.17) is 46.4 Å². The van der Waals surface area contributed by atoms with Crippen LogP contribution in [0, 0.1) is 23.6 Å². The van der Waals surface area contributed by atoms with E-state index in [1.54, 1.807) is 30.3 Å². The molecule has 0 unspecified atom stereocenters. The van der Waals surface area contributed by atoms with E-state index in [0.717, 1.165) is 21.9 Å². The summed E-state index contributed by atoms with van der Waals surface area (Å²) in [6.07, 6.45) is 1.73. The first-order valence-corrected chi connectivity index (χ1v) is 15.2. The molecule has 224 valence electrons. The number of benzene rings is 3. The van der Waals surface area contributed by atoms with E-state index in [9.17, 15) is 28.7 Å². The quantitative estimate of drug-likeness (QED) is 0.192. The Morgan fingerprint density at radius 2 is 1.43 bits per heavy atom. The Kier molecular flexibility index (Phi) is 6.68. The summed E-state index contributed by atoms with van der Waals surface area (Å²) < 4.78 is 13.8. The van der Waals surface area contributed by atoms with E-state index in [0.29, 0.717) is 21.8 Å². The van der Waals surface area contributed by atoms with Gasteiger partial charge in [-0.05, 0) is 85.0 Å². The number of halogens is 5. The molecule has 0 aromatic heterocycles. The molecule has 4 aliphatic rings. The van der Waals surface area contributed by atoms with Crippen molar-refractivity contribution in [2.24, 2.45) is 17.8 Å². The van der Waals surface area contributed by atoms with Gasteiger partial charge >= 0.3 is 0 Å². The van der Waals surface area contributed by atoms with Crippen molar-refractivity contribution in [1.29, 1.82) is 0 Å². The van der Waals surface area contributed by atoms with Crippen molar-refractivity contribution in [2.75, 3.05) is 9.80 Å². The Hall–Kier alpha value is -3.43. The third kappa shape index (κ3) is 3.87. The molecule has 12 heteroatoms. The third-order valence-corrected chi connectivity index (χ3v) is 11.3. The second-order valence-corrected chi connectivity index (χ2v) is 13.5. The number of allylic oxidation sites excluding steroid dienone is 2. The van der Waals surface area contributed by atoms with Gasteiger partial charge in [0.25, 0.3) is 11.8 Å². The molecule has 2 heterocycles. The molecular weight excluding hydrogens is 653 g/mol. The lowest BCUT2D eigenvalue weighted by atomic mass is 9.56. The maximum absolute atomic E-state index is 14.3. The van der Waals surface area contributed by atoms with Crippen molar-refractivity contribution >= 4 is 81.4 Å². The Bertz CT molecular complexity index is 1820. The van der Waals surface area contributed by atoms with Crippen LogP contribution < -0.4 is 9.80 Å². The van der Waals surface area contributed by atoms with Crippen LogP contribution in [-0.4, -0.2) is 38.5 Å². The van der Waals surface area contributed by atoms with E-state index in [1.165, 1.54) is 30.3 Å². The molecule has 4 amide bonds. The molecule has 0 bridgehead atoms. The number of aromatic hydroxyl groups is 1. The van der Waals surface area contributed by atoms with E-state index in [2.05, 4.69) is 0 Å². The van der Waals surface area contributed by atoms with E-state index in [1.807, 2.05) is 0 Å². The van der Waals surface area contributed by atoms with Crippen molar-refractivity contribution in [1.82, 2.24) is 0 Å². The topological polar surface area (TPSA) is 95.0 Å². The summed E-state index contributed by atoms with van der Waals surface area (Å²) >= 11 is 27.3. The van der Waals surface area contributed by atoms with Gasteiger partial charge in [0, 0.05) is 16.0 Å². The smallest absolute Gasteiger partial charge is 0.258 e. The Morgan fingerprint density at radius 1 is 0.795 bits per heavy atom. The zero-order valence-electron chi connectivity index (χ0n) is 22.5. The van der Waals surface area contributed by atoms with Gasteiger partial charge in [0.05, 0.1) is 23.2 Å². The summed E-state index contributed by atoms with van der Waals surface area (Å²) in [4.78, 5) is 54.1. The first-order chi connectivity index (χ1) is 20.9. The number of imide groups is 2. The maximum atomic E-state index is 14.3. The van der Waals surface area contributed by atoms with Gasteiger partial charge in [-0.15, -0.1) is 23.2 Å². The van der Waals surface area contributed by atoms with Gasteiger partial charge in [-0.3, -0.25) is 24.1 Å². The Labute approximate surface area is 270 Å². The molecule has 1 N–H and O–H groups in total. The molecule has 1 saturated carbocycles. The van der Waals surface area contributed by atoms with Crippen LogP contribution in [0.15, 0.2) is 78.4 Å². The predicted octanol–water partition coefficient (Wildman–Crippen LogP) is 6.61. The largest absolute Gasteiger partial charge is 0.508 e. The summed E-state index contributed by atoms with van der Waals surface area (Å²) in [5.41, 5.74) is 1.29. The zero-order chi connectivity index (χ0) is 31.3. The van der Waals surface area contributed by atoms with Crippen molar-refractivity contribution in [2.45, 2.75) is 28.5 Å². The number of phenolic OH excluding ortho intramolecular Hbond substituents is 1. The minimum Gasteiger partial charge on any atom is -0.508 e. The molecule has 3 aromatic carbocycles. The number of alkyl halides is 2. The lowest BCUT2D eigenvalue weighted by Crippen LogP contribution is -2.60. The molecular formula is C32H21Cl4FN2O5. The number of anilines is 2. The normalized spacial score (nSPS) is 31.2. The van der Waals surface area contributed by atoms with Crippen LogP contribution in [0.1, 0.15) is 24.3 Å². The fourth-order valence-corrected chi connectivity index (χ4v) is 8.68. The molecule has 3 aromatic rings. The van der Waals surface area contributed by atoms with Gasteiger partial charge in [-0.2, -0.15) is 0 Å². The Morgan fingerprint density at radius 3 is 2.09 bits per heavy atom. The van der Waals surface area contributed by atoms with Crippen molar-refractivity contribution in [3.05, 3.63) is 99.8 Å². The number of carbonyl (C=O) groups excluding carboxylic acids is 4. The molecule has 0 radical (unpaired) electrons. The number of hydrogen-bond donors (Lipinski definition) is 1. The van der Waals surface area contributed by atoms with E-state index >= 15 is 0 Å². The van der Waals surface area contributed by atoms with Gasteiger partial charge < -0.3 is 5.11 Å². The Balaban J connectivity index is 1.40. The highest BCUT2D eigenvalue weighted by Crippen LogP contribution is 2.66. The number of fused-ring (bicyclic) bond motifs is 4. The van der Waals surface area contributed by atoms with Gasteiger partial charge in [0.1, 0.15) is 11.6 Å². The van der Waals surface area contributed by atoms with Crippen LogP contribution in [0.2, 0.25) is 10.0 Å². The first-order valence-electron chi connectivity index (χ1n) is 13.7. The molecule has 2 aliphatic heterocycles. The molecule has 6 atom stereocenters. The molecule has 44 heavy (non-hydrogen) atoms. The number of nitrogens with zero attached hydrogens (tertiary/aromatic N) is 2. The molecule has 7 rings (SSSR count). The number of carbonyl (C=O) groups is 4. The van der Waals surface area contributed by atoms with Crippen molar-refractivity contribution in [3.8, 4) is 5.75 Å². The number of amides is 4. The molecule has 0 spiro atoms. The average molecular weight is 674 g/mol. The number of hydrogen-bond acceptors (Lipinski definition) is 5. The minimum atomic E-state index is -2.13. The van der Waals surface area contributed by atoms with Crippen LogP contribution in [0.25, 0.3) is 0 Å². The average Bonchev–Trinajstić information content (AvgIpc) is 3.33. The van der Waals surface area contributed by atoms with Gasteiger partial charge in [0.2, 0.25) is 11.8 Å². The third-order valence-electron chi connectivity index (χ3n) is 9.28. The second-order valence-electron chi connectivity index (χ2n) is 11.4. The molecule has 7 nitrogen and oxygen atoms in total. The second kappa shape index (κ2) is 10.0. The fourth-order valence-electron chi connectivity index (χ4n) is 7.34. The van der Waals surface area contributed by atoms with Gasteiger partial charge in [-0.1, -0.05) is 40.9 Å². The lowest BCUT2D eigenvalue weighted by molar-refractivity contribution is -0.125. The van der Waals surface area contributed by atoms with Gasteiger partial charge in [-0.25, -0.2) is 9.29 Å². The molecule has 3 fully saturated rings. The summed E-state index contributed by atoms with van der Waals surface area (Å²) in [5.74, 6) is -6.79. The van der Waals surface area contributed by atoms with Gasteiger partial charge in [0.15, 0.2) is 9.75 Å². The maximum Gasteiger partial charge on any atom is 0.258 e. The van der Waals surface area contributed by atoms with E-state index in [-0.39, 0.29) is 29.3 Å². The highest BCUT2D eigenvalue weighted by Gasteiger charge is 2.76. The minimum absolute atomic E-state index is 0.0646. The summed E-state index contributed by atoms with van der Waals surface area (Å²) in [6, 6.07) is 15.2. The van der Waals surface area contributed by atoms with Crippen molar-refractivity contribution in [3.63, 3.8) is 0 Å². The van der Waals surface area contributed by atoms with Crippen LogP contribution in [-0.2, 0) is 19.2 Å². The van der Waals surface area contributed by atoms with E-state index < -0.39 is 62.9 Å². The standard InChI is InChI=1S/C32H21Cl4FN2O5/c33-15-1-5-17(6-2-15)38-27(41)22-12-11-20-23(25(22)28(38)42)14-31(35)29(43)39(18-7-3-16(37)4-8-18)30(44)32(31,36)26(20)21-10-9-19(40)13-24(21)34/h1-11,13,22-23,25-26,40H,12,14H2/t22-,23+,25-,26+,31+,32-/m0/s1. The molecule has 2 saturated heterocycles. The van der Waals surface area contributed by atoms with Crippen LogP contribution in [0.4, 0.5) is 15.8 Å². The number of phenols is 1. The van der Waals surface area contributed by atoms with Crippen molar-refractivity contribution < 1.29 is 28.7 Å². The summed E-state index contributed by atoms with van der Waals surface area (Å²) in [6.45, 7) is 0. The zero-order valence-corrected chi connectivity index (χ0v) is 25.5. The lowest BCUT2D eigenvalue weighted by Gasteiger charge is -2.50. The summed E-state index contributed by atoms with van der Waals surface area (Å²) in [5, 5.41) is 10.6. The first kappa shape index (κ1) is 29.3. The molecule has 2 aliphatic carbocycles. The number of rotatable bonds is 3. The van der Waals surface area contributed by atoms with Crippen LogP contribution >= 0.6 is 46.4 Å². The SMILES string of the molecule is O=C1[C@H]2[C@H](CC=C3[C@H]2C[C@@]2(Cl)C(=O)N(c4ccc(F)cc4)C(=O)[C@@]2(Cl)[C@H]3c2ccc(O)cc2Cl)C(=O)N1c1ccc(Cl)cc1. The highest BCUT2D eigenvalue weighted by molar-refractivity contribution is 6.58. The highest BCUT2D eigenvalue weighted by atomic mass is 35.5. The summed E-state index contributed by atoms with van der Waals surface area (Å²) in [7, 11) is 0. The van der Waals surface area contributed by atoms with Crippen LogP contribution in [0.5, 0.6) is 5.75 Å². The van der Waals surface area contributed by atoms with Crippen LogP contribution in [0.3, 0.4) is 0 Å².